The largest absolute Gasteiger partial charge is 0.496 e. The lowest BCUT2D eigenvalue weighted by atomic mass is 10.1. The minimum Gasteiger partial charge on any atom is -0.496 e. The van der Waals surface area contributed by atoms with Crippen molar-refractivity contribution in [3.8, 4) is 11.4 Å². The minimum absolute atomic E-state index is 0.240. The summed E-state index contributed by atoms with van der Waals surface area (Å²) in [6, 6.07) is 12.9. The van der Waals surface area contributed by atoms with E-state index in [1.165, 1.54) is 30.2 Å². The average Bonchev–Trinajstić information content (AvgIpc) is 3.13. The third-order valence-corrected chi connectivity index (χ3v) is 7.13. The molecule has 0 saturated carbocycles. The van der Waals surface area contributed by atoms with Crippen molar-refractivity contribution in [2.75, 3.05) is 14.2 Å². The molecular formula is C22H19N3O4S3. The Morgan fingerprint density at radius 1 is 1.25 bits per heavy atom. The SMILES string of the molecule is COC(=O)c1ccc(OC)c(CSc2nc3c(sc(=S)n3-c3ccccc3C)c(=O)[nH]2)c1. The molecule has 1 N–H and O–H groups in total. The van der Waals surface area contributed by atoms with Crippen molar-refractivity contribution >= 4 is 51.6 Å². The van der Waals surface area contributed by atoms with Crippen molar-refractivity contribution in [3.63, 3.8) is 0 Å². The number of nitrogens with one attached hydrogen (secondary N) is 1. The van der Waals surface area contributed by atoms with Crippen LogP contribution in [0, 0.1) is 10.9 Å². The molecule has 0 saturated heterocycles. The highest BCUT2D eigenvalue weighted by atomic mass is 32.2. The van der Waals surface area contributed by atoms with E-state index in [1.54, 1.807) is 25.3 Å². The fourth-order valence-electron chi connectivity index (χ4n) is 3.27. The van der Waals surface area contributed by atoms with Crippen LogP contribution >= 0.6 is 35.3 Å². The summed E-state index contributed by atoms with van der Waals surface area (Å²) in [5.41, 5.74) is 3.41. The van der Waals surface area contributed by atoms with Gasteiger partial charge in [0.25, 0.3) is 5.56 Å². The van der Waals surface area contributed by atoms with Gasteiger partial charge in [-0.25, -0.2) is 9.78 Å². The second-order valence-electron chi connectivity index (χ2n) is 6.82. The third kappa shape index (κ3) is 4.21. The van der Waals surface area contributed by atoms with Gasteiger partial charge in [0.2, 0.25) is 0 Å². The Balaban J connectivity index is 1.74. The molecule has 4 rings (SSSR count). The topological polar surface area (TPSA) is 86.2 Å². The van der Waals surface area contributed by atoms with Crippen LogP contribution in [-0.4, -0.2) is 34.7 Å². The zero-order valence-electron chi connectivity index (χ0n) is 17.5. The lowest BCUT2D eigenvalue weighted by Gasteiger charge is -2.10. The van der Waals surface area contributed by atoms with Gasteiger partial charge < -0.3 is 14.5 Å². The molecule has 0 aliphatic heterocycles. The van der Waals surface area contributed by atoms with Crippen molar-refractivity contribution in [2.45, 2.75) is 17.8 Å². The summed E-state index contributed by atoms with van der Waals surface area (Å²) in [5, 5.41) is 0.447. The van der Waals surface area contributed by atoms with Crippen molar-refractivity contribution in [3.05, 3.63) is 73.5 Å². The smallest absolute Gasteiger partial charge is 0.337 e. The number of hydrogen-bond donors (Lipinski definition) is 1. The molecule has 0 amide bonds. The maximum absolute atomic E-state index is 12.8. The Kier molecular flexibility index (Phi) is 6.45. The maximum Gasteiger partial charge on any atom is 0.337 e. The molecule has 32 heavy (non-hydrogen) atoms. The van der Waals surface area contributed by atoms with Gasteiger partial charge in [0, 0.05) is 11.3 Å². The molecule has 2 aromatic carbocycles. The van der Waals surface area contributed by atoms with E-state index in [9.17, 15) is 9.59 Å². The monoisotopic (exact) mass is 485 g/mol. The van der Waals surface area contributed by atoms with Crippen LogP contribution in [0.3, 0.4) is 0 Å². The van der Waals surface area contributed by atoms with Gasteiger partial charge in [-0.3, -0.25) is 9.36 Å². The van der Waals surface area contributed by atoms with Crippen molar-refractivity contribution in [1.29, 1.82) is 0 Å². The van der Waals surface area contributed by atoms with Gasteiger partial charge in [0.1, 0.15) is 10.4 Å². The highest BCUT2D eigenvalue weighted by Crippen LogP contribution is 2.30. The van der Waals surface area contributed by atoms with E-state index in [4.69, 9.17) is 26.7 Å². The number of fused-ring (bicyclic) bond motifs is 1. The Morgan fingerprint density at radius 3 is 2.75 bits per heavy atom. The first kappa shape index (κ1) is 22.3. The van der Waals surface area contributed by atoms with Crippen LogP contribution in [0.5, 0.6) is 5.75 Å². The molecule has 0 atom stereocenters. The first-order valence-corrected chi connectivity index (χ1v) is 11.7. The number of aryl methyl sites for hydroxylation is 1. The Labute approximate surface area is 197 Å². The minimum atomic E-state index is -0.428. The number of hydrogen-bond acceptors (Lipinski definition) is 8. The van der Waals surface area contributed by atoms with Gasteiger partial charge in [-0.15, -0.1) is 0 Å². The Bertz CT molecular complexity index is 1440. The molecule has 0 bridgehead atoms. The highest BCUT2D eigenvalue weighted by Gasteiger charge is 2.16. The molecule has 0 radical (unpaired) electrons. The van der Waals surface area contributed by atoms with Crippen LogP contribution in [0.1, 0.15) is 21.5 Å². The number of carbonyl (C=O) groups is 1. The summed E-state index contributed by atoms with van der Waals surface area (Å²) in [6.45, 7) is 1.99. The molecular weight excluding hydrogens is 466 g/mol. The molecule has 0 unspecified atom stereocenters. The predicted octanol–water partition coefficient (Wildman–Crippen LogP) is 4.90. The van der Waals surface area contributed by atoms with E-state index < -0.39 is 5.97 Å². The quantitative estimate of drug-likeness (QED) is 0.180. The van der Waals surface area contributed by atoms with E-state index in [0.717, 1.165) is 16.8 Å². The van der Waals surface area contributed by atoms with Gasteiger partial charge in [-0.05, 0) is 49.0 Å². The first-order chi connectivity index (χ1) is 15.4. The van der Waals surface area contributed by atoms with E-state index in [-0.39, 0.29) is 5.56 Å². The molecule has 4 aromatic rings. The predicted molar refractivity (Wildman–Crippen MR) is 129 cm³/mol. The third-order valence-electron chi connectivity index (χ3n) is 4.84. The fraction of sp³-hybridized carbons (Fsp3) is 0.182. The van der Waals surface area contributed by atoms with Crippen molar-refractivity contribution in [2.24, 2.45) is 0 Å². The van der Waals surface area contributed by atoms with Crippen molar-refractivity contribution in [1.82, 2.24) is 14.5 Å². The number of thiazole rings is 1. The lowest BCUT2D eigenvalue weighted by molar-refractivity contribution is 0.0600. The van der Waals surface area contributed by atoms with E-state index in [2.05, 4.69) is 4.98 Å². The molecule has 7 nitrogen and oxygen atoms in total. The number of aromatic nitrogens is 3. The number of thioether (sulfide) groups is 1. The highest BCUT2D eigenvalue weighted by molar-refractivity contribution is 7.98. The van der Waals surface area contributed by atoms with Gasteiger partial charge >= 0.3 is 5.97 Å². The number of ether oxygens (including phenoxy) is 2. The summed E-state index contributed by atoms with van der Waals surface area (Å²) in [5.74, 6) is 0.631. The molecule has 0 aliphatic rings. The number of benzene rings is 2. The molecule has 0 spiro atoms. The number of methoxy groups -OCH3 is 2. The van der Waals surface area contributed by atoms with E-state index in [0.29, 0.717) is 36.5 Å². The zero-order chi connectivity index (χ0) is 22.8. The van der Waals surface area contributed by atoms with Gasteiger partial charge in [0.15, 0.2) is 14.8 Å². The van der Waals surface area contributed by atoms with Crippen molar-refractivity contribution < 1.29 is 14.3 Å². The molecule has 0 aliphatic carbocycles. The Hall–Kier alpha value is -2.95. The van der Waals surface area contributed by atoms with Crippen LogP contribution in [0.2, 0.25) is 0 Å². The van der Waals surface area contributed by atoms with Crippen LogP contribution in [-0.2, 0) is 10.5 Å². The number of carbonyl (C=O) groups excluding carboxylic acids is 1. The number of H-pyrrole nitrogens is 1. The maximum atomic E-state index is 12.8. The van der Waals surface area contributed by atoms with E-state index in [1.807, 2.05) is 35.8 Å². The molecule has 2 aromatic heterocycles. The van der Waals surface area contributed by atoms with Gasteiger partial charge in [-0.2, -0.15) is 0 Å². The van der Waals surface area contributed by atoms with Crippen LogP contribution in [0.15, 0.2) is 52.4 Å². The standard InChI is InChI=1S/C22H19N3O4S3/c1-12-6-4-5-7-15(12)25-18-17(32-22(25)30)19(26)24-21(23-18)31-11-14-10-13(20(27)29-3)8-9-16(14)28-2/h4-10H,11H2,1-3H3,(H,23,24,26). The average molecular weight is 486 g/mol. The number of nitrogens with zero attached hydrogens (tertiary/aromatic N) is 2. The summed E-state index contributed by atoms with van der Waals surface area (Å²) in [6.07, 6.45) is 0. The number of esters is 1. The van der Waals surface area contributed by atoms with Gasteiger partial charge in [0.05, 0.1) is 25.5 Å². The number of para-hydroxylation sites is 1. The molecule has 10 heteroatoms. The van der Waals surface area contributed by atoms with Gasteiger partial charge in [-0.1, -0.05) is 41.3 Å². The zero-order valence-corrected chi connectivity index (χ0v) is 20.0. The normalized spacial score (nSPS) is 11.0. The van der Waals surface area contributed by atoms with E-state index >= 15 is 0 Å². The summed E-state index contributed by atoms with van der Waals surface area (Å²) >= 11 is 8.12. The molecule has 164 valence electrons. The summed E-state index contributed by atoms with van der Waals surface area (Å²) < 4.78 is 13.1. The Morgan fingerprint density at radius 2 is 2.03 bits per heavy atom. The second-order valence-corrected chi connectivity index (χ2v) is 9.43. The lowest BCUT2D eigenvalue weighted by Crippen LogP contribution is -2.10. The van der Waals surface area contributed by atoms with Crippen LogP contribution in [0.4, 0.5) is 0 Å². The molecule has 2 heterocycles. The van der Waals surface area contributed by atoms with Crippen LogP contribution in [0.25, 0.3) is 16.0 Å². The summed E-state index contributed by atoms with van der Waals surface area (Å²) in [7, 11) is 2.90. The fourth-order valence-corrected chi connectivity index (χ4v) is 5.36. The number of rotatable bonds is 6. The number of aromatic amines is 1. The second kappa shape index (κ2) is 9.27. The molecule has 0 fully saturated rings. The van der Waals surface area contributed by atoms with Crippen LogP contribution < -0.4 is 10.3 Å². The summed E-state index contributed by atoms with van der Waals surface area (Å²) in [4.78, 5) is 32.2. The first-order valence-electron chi connectivity index (χ1n) is 9.53.